The highest BCUT2D eigenvalue weighted by molar-refractivity contribution is 6.02. The van der Waals surface area contributed by atoms with Crippen LogP contribution in [0.3, 0.4) is 0 Å². The summed E-state index contributed by atoms with van der Waals surface area (Å²) in [7, 11) is 0. The van der Waals surface area contributed by atoms with Gasteiger partial charge in [-0.3, -0.25) is 4.79 Å². The molecular weight excluding hydrogens is 346 g/mol. The zero-order valence-electron chi connectivity index (χ0n) is 15.2. The molecule has 0 saturated carbocycles. The summed E-state index contributed by atoms with van der Waals surface area (Å²) < 4.78 is 16.5. The lowest BCUT2D eigenvalue weighted by molar-refractivity contribution is -0.115. The van der Waals surface area contributed by atoms with E-state index in [2.05, 4.69) is 5.32 Å². The molecule has 0 unspecified atom stereocenters. The largest absolute Gasteiger partial charge is 0.493 e. The maximum absolute atomic E-state index is 12.8. The van der Waals surface area contributed by atoms with Gasteiger partial charge < -0.3 is 19.5 Å². The van der Waals surface area contributed by atoms with Crippen molar-refractivity contribution in [3.63, 3.8) is 0 Å². The van der Waals surface area contributed by atoms with Crippen molar-refractivity contribution in [2.45, 2.75) is 26.2 Å². The third-order valence-electron chi connectivity index (χ3n) is 4.79. The van der Waals surface area contributed by atoms with E-state index in [4.69, 9.17) is 14.2 Å². The van der Waals surface area contributed by atoms with Crippen LogP contribution in [0.15, 0.2) is 30.3 Å². The Morgan fingerprint density at radius 2 is 1.96 bits per heavy atom. The first-order chi connectivity index (χ1) is 13.2. The topological polar surface area (TPSA) is 73.9 Å². The minimum absolute atomic E-state index is 0.173. The van der Waals surface area contributed by atoms with E-state index in [0.29, 0.717) is 24.5 Å². The smallest absolute Gasteiger partial charge is 0.340 e. The summed E-state index contributed by atoms with van der Waals surface area (Å²) in [6.07, 6.45) is 1.77. The maximum atomic E-state index is 12.8. The van der Waals surface area contributed by atoms with Crippen LogP contribution in [0.2, 0.25) is 0 Å². The van der Waals surface area contributed by atoms with Gasteiger partial charge in [-0.05, 0) is 25.1 Å². The third kappa shape index (κ3) is 3.35. The highest BCUT2D eigenvalue weighted by atomic mass is 16.5. The summed E-state index contributed by atoms with van der Waals surface area (Å²) in [5.41, 5.74) is 3.82. The summed E-state index contributed by atoms with van der Waals surface area (Å²) >= 11 is 0. The fourth-order valence-electron chi connectivity index (χ4n) is 3.61. The summed E-state index contributed by atoms with van der Waals surface area (Å²) in [6.45, 7) is 3.27. The Bertz CT molecular complexity index is 873. The predicted molar refractivity (Wildman–Crippen MR) is 99.6 cm³/mol. The molecule has 2 aliphatic heterocycles. The molecular formula is C21H21NO5. The van der Waals surface area contributed by atoms with Crippen LogP contribution < -0.4 is 14.8 Å². The van der Waals surface area contributed by atoms with Gasteiger partial charge in [-0.25, -0.2) is 4.79 Å². The van der Waals surface area contributed by atoms with Crippen molar-refractivity contribution < 1.29 is 23.8 Å². The molecule has 0 atom stereocenters. The molecule has 1 amide bonds. The van der Waals surface area contributed by atoms with Gasteiger partial charge in [-0.1, -0.05) is 12.1 Å². The monoisotopic (exact) mass is 367 g/mol. The second kappa shape index (κ2) is 7.31. The van der Waals surface area contributed by atoms with Gasteiger partial charge >= 0.3 is 5.97 Å². The van der Waals surface area contributed by atoms with Gasteiger partial charge in [0, 0.05) is 29.5 Å². The van der Waals surface area contributed by atoms with E-state index < -0.39 is 5.97 Å². The van der Waals surface area contributed by atoms with Gasteiger partial charge in [0.1, 0.15) is 11.5 Å². The molecule has 0 radical (unpaired) electrons. The molecule has 2 aromatic rings. The summed E-state index contributed by atoms with van der Waals surface area (Å²) in [5, 5.41) is 2.84. The van der Waals surface area contributed by atoms with E-state index in [-0.39, 0.29) is 18.9 Å². The van der Waals surface area contributed by atoms with Gasteiger partial charge in [-0.2, -0.15) is 0 Å². The molecule has 2 heterocycles. The van der Waals surface area contributed by atoms with Crippen molar-refractivity contribution in [2.75, 3.05) is 25.1 Å². The molecule has 6 heteroatoms. The lowest BCUT2D eigenvalue weighted by atomic mass is 9.97. The van der Waals surface area contributed by atoms with E-state index in [1.54, 1.807) is 31.2 Å². The second-order valence-corrected chi connectivity index (χ2v) is 6.51. The average molecular weight is 367 g/mol. The number of fused-ring (bicyclic) bond motifs is 2. The Labute approximate surface area is 157 Å². The highest BCUT2D eigenvalue weighted by Crippen LogP contribution is 2.40. The summed E-state index contributed by atoms with van der Waals surface area (Å²) in [4.78, 5) is 24.9. The molecule has 6 nitrogen and oxygen atoms in total. The van der Waals surface area contributed by atoms with Gasteiger partial charge in [0.25, 0.3) is 0 Å². The number of carbonyl (C=O) groups is 2. The number of hydrogen-bond donors (Lipinski definition) is 1. The van der Waals surface area contributed by atoms with E-state index in [1.165, 1.54) is 0 Å². The molecule has 0 spiro atoms. The number of esters is 1. The molecule has 2 aliphatic rings. The zero-order chi connectivity index (χ0) is 18.8. The van der Waals surface area contributed by atoms with Crippen LogP contribution >= 0.6 is 0 Å². The lowest BCUT2D eigenvalue weighted by Crippen LogP contribution is -2.18. The van der Waals surface area contributed by atoms with Gasteiger partial charge in [-0.15, -0.1) is 0 Å². The van der Waals surface area contributed by atoms with Crippen molar-refractivity contribution >= 4 is 17.6 Å². The number of benzene rings is 2. The summed E-state index contributed by atoms with van der Waals surface area (Å²) in [5.74, 6) is 1.01. The van der Waals surface area contributed by atoms with Crippen LogP contribution in [0.5, 0.6) is 11.5 Å². The third-order valence-corrected chi connectivity index (χ3v) is 4.79. The van der Waals surface area contributed by atoms with E-state index >= 15 is 0 Å². The summed E-state index contributed by atoms with van der Waals surface area (Å²) in [6, 6.07) is 8.88. The van der Waals surface area contributed by atoms with Crippen LogP contribution in [0.4, 0.5) is 5.69 Å². The minimum atomic E-state index is -0.452. The lowest BCUT2D eigenvalue weighted by Gasteiger charge is -2.14. The Balaban J connectivity index is 1.58. The Kier molecular flexibility index (Phi) is 4.71. The van der Waals surface area contributed by atoms with Crippen LogP contribution in [0.1, 0.15) is 34.0 Å². The second-order valence-electron chi connectivity index (χ2n) is 6.51. The molecule has 0 bridgehead atoms. The number of rotatable bonds is 5. The number of para-hydroxylation sites is 1. The normalized spacial score (nSPS) is 14.0. The van der Waals surface area contributed by atoms with E-state index in [0.717, 1.165) is 41.0 Å². The van der Waals surface area contributed by atoms with Crippen LogP contribution in [-0.4, -0.2) is 31.7 Å². The molecule has 27 heavy (non-hydrogen) atoms. The first-order valence-electron chi connectivity index (χ1n) is 9.16. The molecule has 0 aliphatic carbocycles. The quantitative estimate of drug-likeness (QED) is 0.823. The fraction of sp³-hybridized carbons (Fsp3) is 0.333. The SMILES string of the molecule is CCOC(=O)c1ccccc1NC(=O)Cc1c2c(cc3c1OCC3)OCC2. The standard InChI is InChI=1S/C21H21NO5/c1-2-25-21(24)15-5-3-4-6-17(15)22-19(23)12-16-14-8-10-26-18(14)11-13-7-9-27-20(13)16/h3-6,11H,2,7-10,12H2,1H3,(H,22,23). The maximum Gasteiger partial charge on any atom is 0.340 e. The fourth-order valence-corrected chi connectivity index (χ4v) is 3.61. The molecule has 0 saturated heterocycles. The first kappa shape index (κ1) is 17.4. The van der Waals surface area contributed by atoms with Crippen molar-refractivity contribution in [2.24, 2.45) is 0 Å². The molecule has 2 aromatic carbocycles. The Morgan fingerprint density at radius 3 is 2.81 bits per heavy atom. The first-order valence-corrected chi connectivity index (χ1v) is 9.16. The van der Waals surface area contributed by atoms with Crippen molar-refractivity contribution in [3.05, 3.63) is 52.6 Å². The number of anilines is 1. The van der Waals surface area contributed by atoms with Crippen LogP contribution in [0.25, 0.3) is 0 Å². The van der Waals surface area contributed by atoms with E-state index in [1.807, 2.05) is 6.07 Å². The van der Waals surface area contributed by atoms with E-state index in [9.17, 15) is 9.59 Å². The molecule has 0 fully saturated rings. The van der Waals surface area contributed by atoms with Crippen molar-refractivity contribution in [3.8, 4) is 11.5 Å². The van der Waals surface area contributed by atoms with Gasteiger partial charge in [0.2, 0.25) is 5.91 Å². The molecule has 140 valence electrons. The minimum Gasteiger partial charge on any atom is -0.493 e. The number of amides is 1. The predicted octanol–water partition coefficient (Wildman–Crippen LogP) is 2.91. The Morgan fingerprint density at radius 1 is 1.15 bits per heavy atom. The Hall–Kier alpha value is -3.02. The number of ether oxygens (including phenoxy) is 3. The van der Waals surface area contributed by atoms with Gasteiger partial charge in [0.15, 0.2) is 0 Å². The number of nitrogens with one attached hydrogen (secondary N) is 1. The van der Waals surface area contributed by atoms with Crippen molar-refractivity contribution in [1.29, 1.82) is 0 Å². The number of hydrogen-bond acceptors (Lipinski definition) is 5. The van der Waals surface area contributed by atoms with Gasteiger partial charge in [0.05, 0.1) is 37.5 Å². The molecule has 4 rings (SSSR count). The average Bonchev–Trinajstić information content (AvgIpc) is 3.31. The zero-order valence-corrected chi connectivity index (χ0v) is 15.2. The number of carbonyl (C=O) groups excluding carboxylic acids is 2. The van der Waals surface area contributed by atoms with Crippen LogP contribution in [-0.2, 0) is 28.8 Å². The highest BCUT2D eigenvalue weighted by Gasteiger charge is 2.27. The molecule has 0 aromatic heterocycles. The van der Waals surface area contributed by atoms with Crippen molar-refractivity contribution in [1.82, 2.24) is 0 Å². The molecule has 1 N–H and O–H groups in total. The van der Waals surface area contributed by atoms with Crippen LogP contribution in [0, 0.1) is 0 Å².